The Hall–Kier alpha value is -2.26. The lowest BCUT2D eigenvalue weighted by Gasteiger charge is -2.36. The van der Waals surface area contributed by atoms with E-state index >= 15 is 0 Å². The molecule has 1 aliphatic heterocycles. The Labute approximate surface area is 152 Å². The number of carbonyl (C=O) groups is 1. The zero-order chi connectivity index (χ0) is 18.5. The van der Waals surface area contributed by atoms with E-state index < -0.39 is 0 Å². The maximum absolute atomic E-state index is 12.1. The first kappa shape index (κ1) is 18.5. The zero-order valence-electron chi connectivity index (χ0n) is 15.6. The minimum absolute atomic E-state index is 0.0825. The van der Waals surface area contributed by atoms with Crippen molar-refractivity contribution in [2.45, 2.75) is 39.7 Å². The first-order valence-electron chi connectivity index (χ1n) is 9.07. The summed E-state index contributed by atoms with van der Waals surface area (Å²) in [6.45, 7) is 9.63. The number of nitrogens with zero attached hydrogens (tertiary/aromatic N) is 5. The van der Waals surface area contributed by atoms with Crippen LogP contribution < -0.4 is 5.32 Å². The van der Waals surface area contributed by atoms with Crippen LogP contribution >= 0.6 is 0 Å². The molecule has 1 fully saturated rings. The number of carbonyl (C=O) groups excluding carboxylic acids is 1. The van der Waals surface area contributed by atoms with Crippen LogP contribution in [0.5, 0.6) is 0 Å². The number of rotatable bonds is 7. The van der Waals surface area contributed by atoms with Crippen LogP contribution in [0.3, 0.4) is 0 Å². The van der Waals surface area contributed by atoms with Gasteiger partial charge in [-0.2, -0.15) is 4.98 Å². The monoisotopic (exact) mass is 362 g/mol. The molecule has 142 valence electrons. The molecule has 2 aromatic rings. The van der Waals surface area contributed by atoms with Crippen molar-refractivity contribution < 1.29 is 13.8 Å². The highest BCUT2D eigenvalue weighted by molar-refractivity contribution is 5.91. The molecule has 0 bridgehead atoms. The number of aryl methyl sites for hydroxylation is 2. The van der Waals surface area contributed by atoms with Gasteiger partial charge in [-0.05, 0) is 20.3 Å². The van der Waals surface area contributed by atoms with Crippen molar-refractivity contribution >= 4 is 11.7 Å². The van der Waals surface area contributed by atoms with Crippen LogP contribution in [0.2, 0.25) is 0 Å². The van der Waals surface area contributed by atoms with Crippen molar-refractivity contribution in [3.8, 4) is 0 Å². The number of nitrogens with one attached hydrogen (secondary N) is 1. The number of hydrogen-bond acceptors (Lipinski definition) is 8. The van der Waals surface area contributed by atoms with Gasteiger partial charge in [0.1, 0.15) is 5.76 Å². The van der Waals surface area contributed by atoms with Crippen LogP contribution in [0.1, 0.15) is 43.8 Å². The van der Waals surface area contributed by atoms with E-state index in [1.807, 2.05) is 0 Å². The Morgan fingerprint density at radius 2 is 2.04 bits per heavy atom. The van der Waals surface area contributed by atoms with Gasteiger partial charge in [-0.25, -0.2) is 0 Å². The molecule has 9 heteroatoms. The van der Waals surface area contributed by atoms with Gasteiger partial charge in [0.25, 0.3) is 0 Å². The van der Waals surface area contributed by atoms with Gasteiger partial charge >= 0.3 is 0 Å². The Kier molecular flexibility index (Phi) is 6.00. The molecule has 1 atom stereocenters. The van der Waals surface area contributed by atoms with Gasteiger partial charge in [0.05, 0.1) is 12.6 Å². The minimum Gasteiger partial charge on any atom is -0.360 e. The fraction of sp³-hybridized carbons (Fsp3) is 0.647. The Morgan fingerprint density at radius 3 is 2.69 bits per heavy atom. The molecule has 26 heavy (non-hydrogen) atoms. The van der Waals surface area contributed by atoms with E-state index in [1.165, 1.54) is 0 Å². The molecule has 1 N–H and O–H groups in total. The van der Waals surface area contributed by atoms with Crippen molar-refractivity contribution in [3.05, 3.63) is 23.5 Å². The Bertz CT molecular complexity index is 720. The van der Waals surface area contributed by atoms with Crippen LogP contribution in [-0.4, -0.2) is 63.7 Å². The number of aromatic nitrogens is 3. The summed E-state index contributed by atoms with van der Waals surface area (Å²) in [5.74, 6) is 2.49. The van der Waals surface area contributed by atoms with Gasteiger partial charge in [0.15, 0.2) is 11.6 Å². The zero-order valence-corrected chi connectivity index (χ0v) is 15.6. The lowest BCUT2D eigenvalue weighted by molar-refractivity contribution is -0.117. The average Bonchev–Trinajstić information content (AvgIpc) is 3.24. The molecule has 2 aromatic heterocycles. The molecular formula is C17H26N6O3. The molecule has 0 aromatic carbocycles. The van der Waals surface area contributed by atoms with Crippen LogP contribution in [0.15, 0.2) is 15.1 Å². The maximum atomic E-state index is 12.1. The quantitative estimate of drug-likeness (QED) is 0.793. The molecule has 1 amide bonds. The van der Waals surface area contributed by atoms with Crippen LogP contribution in [0, 0.1) is 6.92 Å². The third-order valence-electron chi connectivity index (χ3n) is 4.53. The van der Waals surface area contributed by atoms with Gasteiger partial charge in [0.2, 0.25) is 11.8 Å². The number of amides is 1. The summed E-state index contributed by atoms with van der Waals surface area (Å²) in [4.78, 5) is 21.0. The van der Waals surface area contributed by atoms with E-state index in [-0.39, 0.29) is 11.9 Å². The van der Waals surface area contributed by atoms with Crippen molar-refractivity contribution in [2.75, 3.05) is 38.0 Å². The molecule has 0 spiro atoms. The Balaban J connectivity index is 1.45. The first-order chi connectivity index (χ1) is 12.5. The van der Waals surface area contributed by atoms with Gasteiger partial charge < -0.3 is 14.4 Å². The smallest absolute Gasteiger partial charge is 0.243 e. The average molecular weight is 362 g/mol. The molecule has 1 saturated heterocycles. The van der Waals surface area contributed by atoms with E-state index in [4.69, 9.17) is 9.05 Å². The standard InChI is InChI=1S/C17H26N6O3/c1-4-5-14-19-17(26-20-14)13(3)23-8-6-22(7-9-23)11-16(24)18-15-10-12(2)25-21-15/h10,13H,4-9,11H2,1-3H3,(H,18,21,24)/t13-/m1/s1. The predicted molar refractivity (Wildman–Crippen MR) is 94.6 cm³/mol. The second-order valence-corrected chi connectivity index (χ2v) is 6.66. The van der Waals surface area contributed by atoms with E-state index in [1.54, 1.807) is 13.0 Å². The van der Waals surface area contributed by atoms with E-state index in [0.717, 1.165) is 44.8 Å². The number of hydrogen-bond donors (Lipinski definition) is 1. The maximum Gasteiger partial charge on any atom is 0.243 e. The third-order valence-corrected chi connectivity index (χ3v) is 4.53. The summed E-state index contributed by atoms with van der Waals surface area (Å²) in [5, 5.41) is 10.6. The van der Waals surface area contributed by atoms with Crippen LogP contribution in [-0.2, 0) is 11.2 Å². The molecule has 9 nitrogen and oxygen atoms in total. The molecule has 0 saturated carbocycles. The molecule has 3 rings (SSSR count). The van der Waals surface area contributed by atoms with Crippen molar-refractivity contribution in [2.24, 2.45) is 0 Å². The molecule has 0 radical (unpaired) electrons. The van der Waals surface area contributed by atoms with Gasteiger partial charge in [-0.3, -0.25) is 14.6 Å². The Morgan fingerprint density at radius 1 is 1.27 bits per heavy atom. The topological polar surface area (TPSA) is 101 Å². The number of anilines is 1. The third kappa shape index (κ3) is 4.67. The molecule has 0 aliphatic carbocycles. The highest BCUT2D eigenvalue weighted by Gasteiger charge is 2.26. The molecule has 3 heterocycles. The van der Waals surface area contributed by atoms with E-state index in [2.05, 4.69) is 44.3 Å². The van der Waals surface area contributed by atoms with Crippen LogP contribution in [0.25, 0.3) is 0 Å². The van der Waals surface area contributed by atoms with Gasteiger partial charge in [-0.1, -0.05) is 17.2 Å². The molecular weight excluding hydrogens is 336 g/mol. The normalized spacial score (nSPS) is 17.3. The van der Waals surface area contributed by atoms with Crippen molar-refractivity contribution in [3.63, 3.8) is 0 Å². The fourth-order valence-electron chi connectivity index (χ4n) is 3.04. The minimum atomic E-state index is -0.0825. The fourth-order valence-corrected chi connectivity index (χ4v) is 3.04. The second kappa shape index (κ2) is 8.41. The van der Waals surface area contributed by atoms with Gasteiger partial charge in [0, 0.05) is 38.7 Å². The predicted octanol–water partition coefficient (Wildman–Crippen LogP) is 1.64. The van der Waals surface area contributed by atoms with Crippen LogP contribution in [0.4, 0.5) is 5.82 Å². The molecule has 0 unspecified atom stereocenters. The van der Waals surface area contributed by atoms with E-state index in [0.29, 0.717) is 24.0 Å². The number of piperazine rings is 1. The van der Waals surface area contributed by atoms with Gasteiger partial charge in [-0.15, -0.1) is 0 Å². The van der Waals surface area contributed by atoms with Crippen molar-refractivity contribution in [1.82, 2.24) is 25.1 Å². The highest BCUT2D eigenvalue weighted by atomic mass is 16.5. The molecule has 1 aliphatic rings. The summed E-state index contributed by atoms with van der Waals surface area (Å²) in [5.41, 5.74) is 0. The first-order valence-corrected chi connectivity index (χ1v) is 9.07. The summed E-state index contributed by atoms with van der Waals surface area (Å²) in [6, 6.07) is 1.79. The summed E-state index contributed by atoms with van der Waals surface area (Å²) in [7, 11) is 0. The summed E-state index contributed by atoms with van der Waals surface area (Å²) >= 11 is 0. The largest absolute Gasteiger partial charge is 0.360 e. The SMILES string of the molecule is CCCc1noc([C@@H](C)N2CCN(CC(=O)Nc3cc(C)on3)CC2)n1. The van der Waals surface area contributed by atoms with Crippen molar-refractivity contribution in [1.29, 1.82) is 0 Å². The summed E-state index contributed by atoms with van der Waals surface area (Å²) < 4.78 is 10.3. The summed E-state index contributed by atoms with van der Waals surface area (Å²) in [6.07, 6.45) is 1.84. The van der Waals surface area contributed by atoms with E-state index in [9.17, 15) is 4.79 Å². The highest BCUT2D eigenvalue weighted by Crippen LogP contribution is 2.20. The lowest BCUT2D eigenvalue weighted by Crippen LogP contribution is -2.49. The lowest BCUT2D eigenvalue weighted by atomic mass is 10.2. The second-order valence-electron chi connectivity index (χ2n) is 6.66.